The van der Waals surface area contributed by atoms with Crippen molar-refractivity contribution in [3.63, 3.8) is 0 Å². The van der Waals surface area contributed by atoms with Crippen LogP contribution in [0.15, 0.2) is 47.1 Å². The summed E-state index contributed by atoms with van der Waals surface area (Å²) in [6.45, 7) is 5.80. The first-order valence-electron chi connectivity index (χ1n) is 7.26. The topological polar surface area (TPSA) is 34.2 Å². The predicted molar refractivity (Wildman–Crippen MR) is 89.4 cm³/mol. The normalized spacial score (nSPS) is 12.1. The Kier molecular flexibility index (Phi) is 6.21. The van der Waals surface area contributed by atoms with Gasteiger partial charge in [-0.2, -0.15) is 0 Å². The Hall–Kier alpha value is -1.39. The van der Waals surface area contributed by atoms with Crippen molar-refractivity contribution in [1.82, 2.24) is 10.3 Å². The molecule has 3 nitrogen and oxygen atoms in total. The molecular formula is C17H21BrN2O. The van der Waals surface area contributed by atoms with Crippen molar-refractivity contribution in [3.8, 4) is 5.88 Å². The van der Waals surface area contributed by atoms with Gasteiger partial charge in [0.05, 0.1) is 0 Å². The Bertz CT molecular complexity index is 574. The van der Waals surface area contributed by atoms with Crippen molar-refractivity contribution >= 4 is 15.9 Å². The Labute approximate surface area is 134 Å². The second-order valence-corrected chi connectivity index (χ2v) is 5.91. The van der Waals surface area contributed by atoms with Crippen LogP contribution in [-0.2, 0) is 6.61 Å². The average molecular weight is 349 g/mol. The SMILES string of the molecule is CCCNC(C)c1cccnc1OCc1cccc(Br)c1. The minimum absolute atomic E-state index is 0.233. The summed E-state index contributed by atoms with van der Waals surface area (Å²) in [5, 5.41) is 3.47. The standard InChI is InChI=1S/C17H21BrN2O/c1-3-9-19-13(2)16-8-5-10-20-17(16)21-12-14-6-4-7-15(18)11-14/h4-8,10-11,13,19H,3,9,12H2,1-2H3. The molecule has 1 unspecified atom stereocenters. The molecule has 0 aliphatic carbocycles. The van der Waals surface area contributed by atoms with Gasteiger partial charge in [0.2, 0.25) is 5.88 Å². The summed E-state index contributed by atoms with van der Waals surface area (Å²) in [7, 11) is 0. The highest BCUT2D eigenvalue weighted by atomic mass is 79.9. The number of nitrogens with one attached hydrogen (secondary N) is 1. The highest BCUT2D eigenvalue weighted by molar-refractivity contribution is 9.10. The number of ether oxygens (including phenoxy) is 1. The molecule has 0 bridgehead atoms. The number of nitrogens with zero attached hydrogens (tertiary/aromatic N) is 1. The van der Waals surface area contributed by atoms with Crippen molar-refractivity contribution in [1.29, 1.82) is 0 Å². The van der Waals surface area contributed by atoms with Crippen LogP contribution in [0.3, 0.4) is 0 Å². The Balaban J connectivity index is 2.06. The number of halogens is 1. The van der Waals surface area contributed by atoms with E-state index in [1.54, 1.807) is 6.20 Å². The van der Waals surface area contributed by atoms with Crippen LogP contribution in [0.25, 0.3) is 0 Å². The van der Waals surface area contributed by atoms with Gasteiger partial charge < -0.3 is 10.1 Å². The van der Waals surface area contributed by atoms with Crippen molar-refractivity contribution in [3.05, 3.63) is 58.2 Å². The van der Waals surface area contributed by atoms with Crippen LogP contribution in [0, 0.1) is 0 Å². The summed E-state index contributed by atoms with van der Waals surface area (Å²) in [5.41, 5.74) is 2.22. The van der Waals surface area contributed by atoms with Gasteiger partial charge in [0.1, 0.15) is 6.61 Å². The van der Waals surface area contributed by atoms with Crippen LogP contribution in [0.2, 0.25) is 0 Å². The van der Waals surface area contributed by atoms with Crippen LogP contribution in [0.4, 0.5) is 0 Å². The largest absolute Gasteiger partial charge is 0.473 e. The predicted octanol–water partition coefficient (Wildman–Crippen LogP) is 4.48. The van der Waals surface area contributed by atoms with E-state index in [0.29, 0.717) is 12.5 Å². The summed E-state index contributed by atoms with van der Waals surface area (Å²) in [6, 6.07) is 12.4. The lowest BCUT2D eigenvalue weighted by molar-refractivity contribution is 0.287. The van der Waals surface area contributed by atoms with Gasteiger partial charge in [-0.15, -0.1) is 0 Å². The van der Waals surface area contributed by atoms with E-state index >= 15 is 0 Å². The zero-order chi connectivity index (χ0) is 15.1. The van der Waals surface area contributed by atoms with Crippen molar-refractivity contribution in [2.24, 2.45) is 0 Å². The van der Waals surface area contributed by atoms with Gasteiger partial charge in [-0.05, 0) is 43.7 Å². The number of benzene rings is 1. The molecule has 112 valence electrons. The van der Waals surface area contributed by atoms with Gasteiger partial charge in [0, 0.05) is 22.3 Å². The third kappa shape index (κ3) is 4.83. The molecule has 0 spiro atoms. The summed E-state index contributed by atoms with van der Waals surface area (Å²) in [6.07, 6.45) is 2.88. The molecule has 0 fully saturated rings. The van der Waals surface area contributed by atoms with Gasteiger partial charge in [-0.25, -0.2) is 4.98 Å². The number of hydrogen-bond donors (Lipinski definition) is 1. The fourth-order valence-electron chi connectivity index (χ4n) is 2.10. The lowest BCUT2D eigenvalue weighted by Gasteiger charge is -2.17. The van der Waals surface area contributed by atoms with E-state index in [2.05, 4.69) is 52.2 Å². The minimum Gasteiger partial charge on any atom is -0.473 e. The molecule has 1 heterocycles. The van der Waals surface area contributed by atoms with E-state index < -0.39 is 0 Å². The van der Waals surface area contributed by atoms with Crippen LogP contribution in [-0.4, -0.2) is 11.5 Å². The van der Waals surface area contributed by atoms with Crippen molar-refractivity contribution in [2.45, 2.75) is 32.9 Å². The smallest absolute Gasteiger partial charge is 0.218 e. The first kappa shape index (κ1) is 16.0. The fourth-order valence-corrected chi connectivity index (χ4v) is 2.55. The van der Waals surface area contributed by atoms with Gasteiger partial charge in [0.15, 0.2) is 0 Å². The Morgan fingerprint density at radius 3 is 2.90 bits per heavy atom. The van der Waals surface area contributed by atoms with E-state index in [-0.39, 0.29) is 6.04 Å². The summed E-state index contributed by atoms with van der Waals surface area (Å²) < 4.78 is 6.97. The van der Waals surface area contributed by atoms with Gasteiger partial charge in [-0.1, -0.05) is 41.1 Å². The molecule has 1 aromatic carbocycles. The van der Waals surface area contributed by atoms with E-state index in [1.165, 1.54) is 0 Å². The first-order chi connectivity index (χ1) is 10.2. The Morgan fingerprint density at radius 2 is 2.14 bits per heavy atom. The van der Waals surface area contributed by atoms with E-state index in [9.17, 15) is 0 Å². The molecule has 1 atom stereocenters. The first-order valence-corrected chi connectivity index (χ1v) is 8.05. The molecule has 1 N–H and O–H groups in total. The maximum absolute atomic E-state index is 5.91. The molecule has 2 aromatic rings. The van der Waals surface area contributed by atoms with Crippen molar-refractivity contribution in [2.75, 3.05) is 6.54 Å². The van der Waals surface area contributed by atoms with E-state index in [4.69, 9.17) is 4.74 Å². The van der Waals surface area contributed by atoms with Crippen molar-refractivity contribution < 1.29 is 4.74 Å². The molecule has 0 radical (unpaired) electrons. The van der Waals surface area contributed by atoms with Gasteiger partial charge in [-0.3, -0.25) is 0 Å². The maximum atomic E-state index is 5.91. The molecule has 0 aliphatic rings. The third-order valence-corrected chi connectivity index (χ3v) is 3.73. The van der Waals surface area contributed by atoms with Gasteiger partial charge in [0.25, 0.3) is 0 Å². The molecule has 4 heteroatoms. The zero-order valence-electron chi connectivity index (χ0n) is 12.5. The highest BCUT2D eigenvalue weighted by Gasteiger charge is 2.12. The molecule has 0 saturated carbocycles. The molecule has 2 rings (SSSR count). The molecule has 21 heavy (non-hydrogen) atoms. The van der Waals surface area contributed by atoms with Crippen LogP contribution >= 0.6 is 15.9 Å². The zero-order valence-corrected chi connectivity index (χ0v) is 14.1. The summed E-state index contributed by atoms with van der Waals surface area (Å²) in [5.74, 6) is 0.702. The number of rotatable bonds is 7. The molecule has 1 aromatic heterocycles. The summed E-state index contributed by atoms with van der Waals surface area (Å²) in [4.78, 5) is 4.37. The molecule has 0 aliphatic heterocycles. The number of aromatic nitrogens is 1. The van der Waals surface area contributed by atoms with Crippen LogP contribution < -0.4 is 10.1 Å². The Morgan fingerprint density at radius 1 is 1.29 bits per heavy atom. The van der Waals surface area contributed by atoms with Gasteiger partial charge >= 0.3 is 0 Å². The highest BCUT2D eigenvalue weighted by Crippen LogP contribution is 2.23. The number of hydrogen-bond acceptors (Lipinski definition) is 3. The average Bonchev–Trinajstić information content (AvgIpc) is 2.51. The fraction of sp³-hybridized carbons (Fsp3) is 0.353. The second kappa shape index (κ2) is 8.15. The quantitative estimate of drug-likeness (QED) is 0.800. The minimum atomic E-state index is 0.233. The van der Waals surface area contributed by atoms with Crippen LogP contribution in [0.1, 0.15) is 37.4 Å². The molecular weight excluding hydrogens is 328 g/mol. The monoisotopic (exact) mass is 348 g/mol. The van der Waals surface area contributed by atoms with E-state index in [0.717, 1.165) is 28.6 Å². The lowest BCUT2D eigenvalue weighted by Crippen LogP contribution is -2.20. The second-order valence-electron chi connectivity index (χ2n) is 4.99. The van der Waals surface area contributed by atoms with E-state index in [1.807, 2.05) is 24.3 Å². The van der Waals surface area contributed by atoms with Crippen LogP contribution in [0.5, 0.6) is 5.88 Å². The third-order valence-electron chi connectivity index (χ3n) is 3.23. The molecule has 0 saturated heterocycles. The maximum Gasteiger partial charge on any atom is 0.218 e. The lowest BCUT2D eigenvalue weighted by atomic mass is 10.1. The summed E-state index contributed by atoms with van der Waals surface area (Å²) >= 11 is 3.47. The molecule has 0 amide bonds. The number of pyridine rings is 1.